The number of sulfonamides is 1. The summed E-state index contributed by atoms with van der Waals surface area (Å²) in [5.41, 5.74) is 1.80. The van der Waals surface area contributed by atoms with Crippen molar-refractivity contribution in [3.63, 3.8) is 0 Å². The van der Waals surface area contributed by atoms with E-state index in [-0.39, 0.29) is 40.5 Å². The van der Waals surface area contributed by atoms with E-state index < -0.39 is 28.5 Å². The van der Waals surface area contributed by atoms with Crippen molar-refractivity contribution >= 4 is 66.7 Å². The summed E-state index contributed by atoms with van der Waals surface area (Å²) in [7, 11) is -3.92. The molecule has 1 atom stereocenters. The zero-order valence-corrected chi connectivity index (χ0v) is 26.4. The predicted octanol–water partition coefficient (Wildman–Crippen LogP) is 5.93. The van der Waals surface area contributed by atoms with E-state index in [0.717, 1.165) is 26.2 Å². The van der Waals surface area contributed by atoms with Crippen LogP contribution in [-0.4, -0.2) is 50.5 Å². The van der Waals surface area contributed by atoms with Crippen LogP contribution in [0.4, 0.5) is 5.69 Å². The van der Waals surface area contributed by atoms with E-state index in [2.05, 4.69) is 21.2 Å². The van der Waals surface area contributed by atoms with Crippen LogP contribution >= 0.6 is 39.1 Å². The first-order valence-corrected chi connectivity index (χ1v) is 16.0. The smallest absolute Gasteiger partial charge is 0.244 e. The van der Waals surface area contributed by atoms with Gasteiger partial charge in [0.1, 0.15) is 12.6 Å². The molecule has 1 N–H and O–H groups in total. The molecule has 7 nitrogen and oxygen atoms in total. The summed E-state index contributed by atoms with van der Waals surface area (Å²) < 4.78 is 27.5. The molecule has 3 aromatic carbocycles. The maximum absolute atomic E-state index is 14.1. The first kappa shape index (κ1) is 31.9. The Labute approximate surface area is 254 Å². The fourth-order valence-corrected chi connectivity index (χ4v) is 5.67. The third kappa shape index (κ3) is 9.51. The van der Waals surface area contributed by atoms with E-state index in [1.165, 1.54) is 23.1 Å². The Hall–Kier alpha value is -2.59. The molecule has 214 valence electrons. The van der Waals surface area contributed by atoms with E-state index in [0.29, 0.717) is 6.54 Å². The van der Waals surface area contributed by atoms with Gasteiger partial charge in [0.15, 0.2) is 0 Å². The molecule has 0 bridgehead atoms. The Morgan fingerprint density at radius 1 is 0.925 bits per heavy atom. The monoisotopic (exact) mass is 667 g/mol. The molecule has 1 unspecified atom stereocenters. The molecule has 2 amide bonds. The summed E-state index contributed by atoms with van der Waals surface area (Å²) >= 11 is 15.7. The van der Waals surface area contributed by atoms with Gasteiger partial charge in [-0.3, -0.25) is 13.9 Å². The zero-order valence-electron chi connectivity index (χ0n) is 22.5. The molecule has 0 heterocycles. The number of benzene rings is 3. The Balaban J connectivity index is 2.06. The molecule has 0 aliphatic carbocycles. The minimum Gasteiger partial charge on any atom is -0.354 e. The summed E-state index contributed by atoms with van der Waals surface area (Å²) in [6.45, 7) is 3.94. The first-order chi connectivity index (χ1) is 18.8. The normalized spacial score (nSPS) is 12.2. The number of rotatable bonds is 12. The van der Waals surface area contributed by atoms with Gasteiger partial charge < -0.3 is 10.2 Å². The van der Waals surface area contributed by atoms with Gasteiger partial charge >= 0.3 is 0 Å². The van der Waals surface area contributed by atoms with Crippen molar-refractivity contribution in [1.82, 2.24) is 10.2 Å². The molecule has 0 aliphatic rings. The number of hydrogen-bond donors (Lipinski definition) is 1. The summed E-state index contributed by atoms with van der Waals surface area (Å²) in [6.07, 6.45) is 1.25. The highest BCUT2D eigenvalue weighted by Gasteiger charge is 2.33. The van der Waals surface area contributed by atoms with E-state index in [1.54, 1.807) is 0 Å². The number of hydrogen-bond acceptors (Lipinski definition) is 4. The van der Waals surface area contributed by atoms with Crippen molar-refractivity contribution in [3.05, 3.63) is 98.4 Å². The van der Waals surface area contributed by atoms with Crippen LogP contribution in [0, 0.1) is 5.92 Å². The molecule has 40 heavy (non-hydrogen) atoms. The quantitative estimate of drug-likeness (QED) is 0.259. The van der Waals surface area contributed by atoms with Gasteiger partial charge in [-0.05, 0) is 47.4 Å². The number of nitrogens with zero attached hydrogens (tertiary/aromatic N) is 2. The van der Waals surface area contributed by atoms with Crippen LogP contribution in [0.1, 0.15) is 25.0 Å². The molecule has 0 saturated carbocycles. The average molecular weight is 669 g/mol. The SMILES string of the molecule is CC(C)CNC(=O)C(Cc1ccccc1)N(Cc1ccc(Br)cc1)C(=O)CN(c1cc(Cl)cc(Cl)c1)S(C)(=O)=O. The topological polar surface area (TPSA) is 86.8 Å². The largest absolute Gasteiger partial charge is 0.354 e. The fraction of sp³-hybridized carbons (Fsp3) is 0.310. The lowest BCUT2D eigenvalue weighted by Gasteiger charge is -2.33. The lowest BCUT2D eigenvalue weighted by atomic mass is 10.0. The Morgan fingerprint density at radius 2 is 1.52 bits per heavy atom. The number of anilines is 1. The van der Waals surface area contributed by atoms with Crippen molar-refractivity contribution in [3.8, 4) is 0 Å². The fourth-order valence-electron chi connectivity index (χ4n) is 4.06. The van der Waals surface area contributed by atoms with Crippen LogP contribution in [0.5, 0.6) is 0 Å². The van der Waals surface area contributed by atoms with Crippen molar-refractivity contribution in [2.45, 2.75) is 32.9 Å². The molecule has 0 aliphatic heterocycles. The molecular weight excluding hydrogens is 637 g/mol. The Bertz CT molecular complexity index is 1400. The number of carbonyl (C=O) groups is 2. The summed E-state index contributed by atoms with van der Waals surface area (Å²) in [5, 5.41) is 3.41. The van der Waals surface area contributed by atoms with Gasteiger partial charge in [0.05, 0.1) is 11.9 Å². The Kier molecular flexibility index (Phi) is 11.5. The summed E-state index contributed by atoms with van der Waals surface area (Å²) in [4.78, 5) is 29.1. The standard InChI is InChI=1S/C29H32BrCl2N3O4S/c1-20(2)17-33-29(37)27(13-21-7-5-4-6-8-21)34(18-22-9-11-23(30)12-10-22)28(36)19-35(40(3,38)39)26-15-24(31)14-25(32)16-26/h4-12,14-16,20,27H,13,17-19H2,1-3H3,(H,33,37). The molecule has 0 radical (unpaired) electrons. The van der Waals surface area contributed by atoms with Gasteiger partial charge in [0, 0.05) is 34.0 Å². The summed E-state index contributed by atoms with van der Waals surface area (Å²) in [5.74, 6) is -0.671. The molecule has 0 saturated heterocycles. The summed E-state index contributed by atoms with van der Waals surface area (Å²) in [6, 6.07) is 20.2. The lowest BCUT2D eigenvalue weighted by molar-refractivity contribution is -0.140. The van der Waals surface area contributed by atoms with Crippen LogP contribution in [0.25, 0.3) is 0 Å². The lowest BCUT2D eigenvalue weighted by Crippen LogP contribution is -2.53. The van der Waals surface area contributed by atoms with Gasteiger partial charge in [-0.15, -0.1) is 0 Å². The van der Waals surface area contributed by atoms with Gasteiger partial charge in [0.2, 0.25) is 21.8 Å². The second-order valence-corrected chi connectivity index (χ2v) is 13.6. The maximum Gasteiger partial charge on any atom is 0.244 e. The van der Waals surface area contributed by atoms with Crippen LogP contribution in [-0.2, 0) is 32.6 Å². The minimum absolute atomic E-state index is 0.0899. The highest BCUT2D eigenvalue weighted by Crippen LogP contribution is 2.27. The molecular formula is C29H32BrCl2N3O4S. The third-order valence-electron chi connectivity index (χ3n) is 6.04. The van der Waals surface area contributed by atoms with Crippen LogP contribution in [0.3, 0.4) is 0 Å². The van der Waals surface area contributed by atoms with Gasteiger partial charge in [0.25, 0.3) is 0 Å². The van der Waals surface area contributed by atoms with Crippen LogP contribution in [0.15, 0.2) is 77.3 Å². The van der Waals surface area contributed by atoms with Crippen LogP contribution < -0.4 is 9.62 Å². The highest BCUT2D eigenvalue weighted by atomic mass is 79.9. The molecule has 0 spiro atoms. The number of halogens is 3. The number of amides is 2. The second-order valence-electron chi connectivity index (χ2n) is 9.89. The predicted molar refractivity (Wildman–Crippen MR) is 165 cm³/mol. The second kappa shape index (κ2) is 14.3. The van der Waals surface area contributed by atoms with Crippen molar-refractivity contribution in [2.75, 3.05) is 23.7 Å². The van der Waals surface area contributed by atoms with E-state index >= 15 is 0 Å². The van der Waals surface area contributed by atoms with Crippen molar-refractivity contribution in [2.24, 2.45) is 5.92 Å². The molecule has 0 aromatic heterocycles. The number of carbonyl (C=O) groups excluding carboxylic acids is 2. The van der Waals surface area contributed by atoms with Crippen molar-refractivity contribution in [1.29, 1.82) is 0 Å². The molecule has 3 rings (SSSR count). The molecule has 0 fully saturated rings. The minimum atomic E-state index is -3.92. The van der Waals surface area contributed by atoms with E-state index in [9.17, 15) is 18.0 Å². The van der Waals surface area contributed by atoms with Gasteiger partial charge in [-0.25, -0.2) is 8.42 Å². The Morgan fingerprint density at radius 3 is 2.08 bits per heavy atom. The maximum atomic E-state index is 14.1. The first-order valence-electron chi connectivity index (χ1n) is 12.6. The van der Waals surface area contributed by atoms with Gasteiger partial charge in [-0.2, -0.15) is 0 Å². The van der Waals surface area contributed by atoms with E-state index in [1.807, 2.05) is 68.4 Å². The number of nitrogens with one attached hydrogen (secondary N) is 1. The molecule has 3 aromatic rings. The van der Waals surface area contributed by atoms with Crippen LogP contribution in [0.2, 0.25) is 10.0 Å². The van der Waals surface area contributed by atoms with Crippen molar-refractivity contribution < 1.29 is 18.0 Å². The molecule has 11 heteroatoms. The zero-order chi connectivity index (χ0) is 29.4. The third-order valence-corrected chi connectivity index (χ3v) is 8.14. The average Bonchev–Trinajstić information content (AvgIpc) is 2.88. The highest BCUT2D eigenvalue weighted by molar-refractivity contribution is 9.10. The van der Waals surface area contributed by atoms with E-state index in [4.69, 9.17) is 23.2 Å². The van der Waals surface area contributed by atoms with Gasteiger partial charge in [-0.1, -0.05) is 95.4 Å².